The molecule has 0 bridgehead atoms. The van der Waals surface area contributed by atoms with Gasteiger partial charge in [-0.2, -0.15) is 5.10 Å². The molecule has 2 aromatic carbocycles. The molecule has 7 nitrogen and oxygen atoms in total. The monoisotopic (exact) mass is 446 g/mol. The first kappa shape index (κ1) is 23.1. The summed E-state index contributed by atoms with van der Waals surface area (Å²) in [7, 11) is 1.26. The van der Waals surface area contributed by atoms with Gasteiger partial charge in [-0.1, -0.05) is 35.9 Å². The maximum absolute atomic E-state index is 11.1. The van der Waals surface area contributed by atoms with E-state index >= 15 is 0 Å². The lowest BCUT2D eigenvalue weighted by Gasteiger charge is -2.32. The fourth-order valence-corrected chi connectivity index (χ4v) is 3.67. The van der Waals surface area contributed by atoms with Crippen molar-refractivity contribution >= 4 is 23.9 Å². The predicted molar refractivity (Wildman–Crippen MR) is 119 cm³/mol. The van der Waals surface area contributed by atoms with E-state index in [-0.39, 0.29) is 6.10 Å². The molecule has 2 N–H and O–H groups in total. The van der Waals surface area contributed by atoms with Gasteiger partial charge in [0, 0.05) is 17.9 Å². The molecule has 0 spiro atoms. The van der Waals surface area contributed by atoms with Crippen molar-refractivity contribution in [3.05, 3.63) is 64.2 Å². The standard InChI is InChI=1S/C23H27ClN2O5/c1-3-30-19-7-4-15(5-8-19)10-17-11-16(6-9-21(17)24)22-13-18(27)12-20(31-22)14-25-26-23(28)29-2/h4-9,11,14,18,20,22,27H,3,10,12-13H2,1-2H3,(H,26,28)/b25-14+/t18-,20-,22+/m0/s1. The molecule has 1 fully saturated rings. The lowest BCUT2D eigenvalue weighted by atomic mass is 9.94. The number of amides is 1. The van der Waals surface area contributed by atoms with Crippen molar-refractivity contribution in [3.8, 4) is 5.75 Å². The summed E-state index contributed by atoms with van der Waals surface area (Å²) in [4.78, 5) is 11.1. The number of nitrogens with zero attached hydrogens (tertiary/aromatic N) is 1. The van der Waals surface area contributed by atoms with Crippen molar-refractivity contribution in [2.75, 3.05) is 13.7 Å². The molecule has 0 saturated carbocycles. The fraction of sp³-hybridized carbons (Fsp3) is 0.391. The van der Waals surface area contributed by atoms with Crippen molar-refractivity contribution in [3.63, 3.8) is 0 Å². The summed E-state index contributed by atoms with van der Waals surface area (Å²) in [6, 6.07) is 13.7. The molecule has 3 atom stereocenters. The highest BCUT2D eigenvalue weighted by Gasteiger charge is 2.29. The van der Waals surface area contributed by atoms with Crippen molar-refractivity contribution < 1.29 is 24.1 Å². The lowest BCUT2D eigenvalue weighted by Crippen LogP contribution is -2.33. The quantitative estimate of drug-likeness (QED) is 0.490. The second kappa shape index (κ2) is 11.1. The Morgan fingerprint density at radius 3 is 2.77 bits per heavy atom. The summed E-state index contributed by atoms with van der Waals surface area (Å²) in [5.74, 6) is 0.838. The van der Waals surface area contributed by atoms with Gasteiger partial charge in [0.05, 0.1) is 38.2 Å². The molecule has 0 radical (unpaired) electrons. The Hall–Kier alpha value is -2.61. The number of aliphatic hydroxyl groups is 1. The van der Waals surface area contributed by atoms with Crippen LogP contribution in [0.4, 0.5) is 4.79 Å². The van der Waals surface area contributed by atoms with E-state index in [2.05, 4.69) is 15.3 Å². The Morgan fingerprint density at radius 2 is 2.06 bits per heavy atom. The highest BCUT2D eigenvalue weighted by atomic mass is 35.5. The normalized spacial score (nSPS) is 21.1. The third-order valence-corrected chi connectivity index (χ3v) is 5.35. The number of hydrogen-bond donors (Lipinski definition) is 2. The first-order valence-electron chi connectivity index (χ1n) is 10.2. The van der Waals surface area contributed by atoms with Crippen molar-refractivity contribution in [1.29, 1.82) is 0 Å². The molecule has 0 unspecified atom stereocenters. The molecule has 8 heteroatoms. The Balaban J connectivity index is 1.71. The van der Waals surface area contributed by atoms with Gasteiger partial charge in [0.1, 0.15) is 5.75 Å². The van der Waals surface area contributed by atoms with Gasteiger partial charge in [-0.25, -0.2) is 10.2 Å². The minimum Gasteiger partial charge on any atom is -0.494 e. The summed E-state index contributed by atoms with van der Waals surface area (Å²) in [6.45, 7) is 2.58. The Labute approximate surface area is 187 Å². The van der Waals surface area contributed by atoms with Crippen molar-refractivity contribution in [2.45, 2.75) is 44.5 Å². The number of carbonyl (C=O) groups is 1. The Bertz CT molecular complexity index is 903. The topological polar surface area (TPSA) is 89.4 Å². The van der Waals surface area contributed by atoms with E-state index in [4.69, 9.17) is 21.1 Å². The highest BCUT2D eigenvalue weighted by molar-refractivity contribution is 6.31. The van der Waals surface area contributed by atoms with Crippen molar-refractivity contribution in [1.82, 2.24) is 5.43 Å². The first-order valence-corrected chi connectivity index (χ1v) is 10.6. The molecule has 0 aromatic heterocycles. The Morgan fingerprint density at radius 1 is 1.29 bits per heavy atom. The molecule has 0 aliphatic carbocycles. The number of halogens is 1. The van der Waals surface area contributed by atoms with Crippen LogP contribution in [-0.4, -0.2) is 43.3 Å². The summed E-state index contributed by atoms with van der Waals surface area (Å²) < 4.78 is 16.0. The number of ether oxygens (including phenoxy) is 3. The second-order valence-corrected chi connectivity index (χ2v) is 7.68. The van der Waals surface area contributed by atoms with E-state index in [1.807, 2.05) is 49.4 Å². The van der Waals surface area contributed by atoms with Gasteiger partial charge in [0.15, 0.2) is 0 Å². The fourth-order valence-electron chi connectivity index (χ4n) is 3.48. The number of nitrogens with one attached hydrogen (secondary N) is 1. The molecule has 1 aliphatic heterocycles. The zero-order chi connectivity index (χ0) is 22.2. The number of aliphatic hydroxyl groups excluding tert-OH is 1. The van der Waals surface area contributed by atoms with E-state index < -0.39 is 18.3 Å². The molecular weight excluding hydrogens is 420 g/mol. The third kappa shape index (κ3) is 6.69. The van der Waals surface area contributed by atoms with Crippen LogP contribution in [-0.2, 0) is 15.9 Å². The molecule has 1 heterocycles. The Kier molecular flexibility index (Phi) is 8.28. The summed E-state index contributed by atoms with van der Waals surface area (Å²) >= 11 is 6.45. The molecule has 166 valence electrons. The van der Waals surface area contributed by atoms with Crippen LogP contribution in [0.3, 0.4) is 0 Å². The first-order chi connectivity index (χ1) is 15.0. The van der Waals surface area contributed by atoms with Gasteiger partial charge in [-0.15, -0.1) is 0 Å². The average Bonchev–Trinajstić information content (AvgIpc) is 2.76. The number of hydrazone groups is 1. The van der Waals surface area contributed by atoms with Crippen LogP contribution in [0.15, 0.2) is 47.6 Å². The van der Waals surface area contributed by atoms with Gasteiger partial charge in [-0.3, -0.25) is 0 Å². The number of rotatable bonds is 7. The van der Waals surface area contributed by atoms with E-state index in [0.29, 0.717) is 30.9 Å². The van der Waals surface area contributed by atoms with Crippen LogP contribution in [0.5, 0.6) is 5.75 Å². The van der Waals surface area contributed by atoms with Gasteiger partial charge in [0.25, 0.3) is 0 Å². The van der Waals surface area contributed by atoms with Gasteiger partial charge >= 0.3 is 6.09 Å². The zero-order valence-electron chi connectivity index (χ0n) is 17.6. The number of benzene rings is 2. The number of hydrogen-bond acceptors (Lipinski definition) is 6. The van der Waals surface area contributed by atoms with E-state index in [0.717, 1.165) is 22.4 Å². The molecule has 1 saturated heterocycles. The van der Waals surface area contributed by atoms with Crippen LogP contribution in [0.2, 0.25) is 5.02 Å². The maximum atomic E-state index is 11.1. The number of carbonyl (C=O) groups excluding carboxylic acids is 1. The van der Waals surface area contributed by atoms with Crippen LogP contribution >= 0.6 is 11.6 Å². The maximum Gasteiger partial charge on any atom is 0.427 e. The minimum atomic E-state index is -0.666. The van der Waals surface area contributed by atoms with Crippen molar-refractivity contribution in [2.24, 2.45) is 5.10 Å². The van der Waals surface area contributed by atoms with Crippen LogP contribution in [0, 0.1) is 0 Å². The third-order valence-electron chi connectivity index (χ3n) is 4.98. The molecule has 3 rings (SSSR count). The van der Waals surface area contributed by atoms with Gasteiger partial charge in [0.2, 0.25) is 0 Å². The number of methoxy groups -OCH3 is 1. The predicted octanol–water partition coefficient (Wildman–Crippen LogP) is 4.25. The zero-order valence-corrected chi connectivity index (χ0v) is 18.3. The summed E-state index contributed by atoms with van der Waals surface area (Å²) in [5.41, 5.74) is 5.25. The summed E-state index contributed by atoms with van der Waals surface area (Å²) in [6.07, 6.45) is 1.05. The molecule has 31 heavy (non-hydrogen) atoms. The average molecular weight is 447 g/mol. The van der Waals surface area contributed by atoms with Crippen LogP contribution in [0.25, 0.3) is 0 Å². The van der Waals surface area contributed by atoms with Crippen LogP contribution in [0.1, 0.15) is 42.6 Å². The SMILES string of the molecule is CCOc1ccc(Cc2cc([C@H]3C[C@@H](O)C[C@@H](/C=N/NC(=O)OC)O3)ccc2Cl)cc1. The molecule has 1 amide bonds. The summed E-state index contributed by atoms with van der Waals surface area (Å²) in [5, 5.41) is 14.8. The van der Waals surface area contributed by atoms with E-state index in [1.165, 1.54) is 13.3 Å². The minimum absolute atomic E-state index is 0.310. The van der Waals surface area contributed by atoms with Crippen LogP contribution < -0.4 is 10.2 Å². The molecule has 1 aliphatic rings. The molecular formula is C23H27ClN2O5. The molecule has 2 aromatic rings. The second-order valence-electron chi connectivity index (χ2n) is 7.27. The largest absolute Gasteiger partial charge is 0.494 e. The lowest BCUT2D eigenvalue weighted by molar-refractivity contribution is -0.0681. The van der Waals surface area contributed by atoms with E-state index in [1.54, 1.807) is 0 Å². The van der Waals surface area contributed by atoms with E-state index in [9.17, 15) is 9.90 Å². The highest BCUT2D eigenvalue weighted by Crippen LogP contribution is 2.33. The van der Waals surface area contributed by atoms with Gasteiger partial charge in [-0.05, 0) is 48.2 Å². The smallest absolute Gasteiger partial charge is 0.427 e. The van der Waals surface area contributed by atoms with Gasteiger partial charge < -0.3 is 19.3 Å².